The molecule has 0 unspecified atom stereocenters. The molecule has 9 heteroatoms. The Kier molecular flexibility index (Phi) is 2.92. The zero-order chi connectivity index (χ0) is 10.6. The van der Waals surface area contributed by atoms with Crippen molar-refractivity contribution < 1.29 is 18.3 Å². The molecule has 0 saturated heterocycles. The first kappa shape index (κ1) is 10.3. The van der Waals surface area contributed by atoms with Crippen molar-refractivity contribution in [3.63, 3.8) is 0 Å². The summed E-state index contributed by atoms with van der Waals surface area (Å²) >= 11 is 0. The average Bonchev–Trinajstić information content (AvgIpc) is 2.02. The van der Waals surface area contributed by atoms with E-state index in [4.69, 9.17) is 5.11 Å². The van der Waals surface area contributed by atoms with Gasteiger partial charge in [0, 0.05) is 0 Å². The van der Waals surface area contributed by atoms with Crippen LogP contribution in [0.5, 0.6) is 0 Å². The van der Waals surface area contributed by atoms with Gasteiger partial charge in [0.15, 0.2) is 5.75 Å². The van der Waals surface area contributed by atoms with E-state index in [9.17, 15) is 13.2 Å². The third-order valence-corrected chi connectivity index (χ3v) is 2.16. The molecule has 1 aromatic rings. The van der Waals surface area contributed by atoms with E-state index in [2.05, 4.69) is 15.2 Å². The van der Waals surface area contributed by atoms with Gasteiger partial charge in [0.1, 0.15) is 0 Å². The van der Waals surface area contributed by atoms with Gasteiger partial charge in [0.05, 0.1) is 12.4 Å². The van der Waals surface area contributed by atoms with Gasteiger partial charge < -0.3 is 5.11 Å². The lowest BCUT2D eigenvalue weighted by Gasteiger charge is -2.01. The Hall–Kier alpha value is -1.77. The van der Waals surface area contributed by atoms with Gasteiger partial charge in [0.2, 0.25) is 10.0 Å². The number of hydrogen-bond donors (Lipinski definition) is 2. The van der Waals surface area contributed by atoms with Crippen LogP contribution in [0.4, 0.5) is 5.95 Å². The zero-order valence-corrected chi connectivity index (χ0v) is 7.60. The first-order valence-electron chi connectivity index (χ1n) is 3.35. The van der Waals surface area contributed by atoms with E-state index in [-0.39, 0.29) is 5.95 Å². The molecule has 0 spiro atoms. The lowest BCUT2D eigenvalue weighted by molar-refractivity contribution is -0.134. The molecule has 0 aromatic carbocycles. The van der Waals surface area contributed by atoms with Gasteiger partial charge >= 0.3 is 5.97 Å². The Morgan fingerprint density at radius 1 is 1.50 bits per heavy atom. The minimum atomic E-state index is -3.95. The van der Waals surface area contributed by atoms with E-state index in [0.29, 0.717) is 0 Å². The molecule has 1 aromatic heterocycles. The second-order valence-electron chi connectivity index (χ2n) is 2.22. The summed E-state index contributed by atoms with van der Waals surface area (Å²) < 4.78 is 23.9. The van der Waals surface area contributed by atoms with Crippen molar-refractivity contribution >= 4 is 21.9 Å². The molecule has 76 valence electrons. The van der Waals surface area contributed by atoms with Crippen LogP contribution < -0.4 is 4.72 Å². The van der Waals surface area contributed by atoms with Gasteiger partial charge in [-0.3, -0.25) is 4.79 Å². The van der Waals surface area contributed by atoms with Gasteiger partial charge in [-0.1, -0.05) is 0 Å². The van der Waals surface area contributed by atoms with Crippen LogP contribution in [0.25, 0.3) is 0 Å². The highest BCUT2D eigenvalue weighted by Gasteiger charge is 2.16. The summed E-state index contributed by atoms with van der Waals surface area (Å²) in [5.74, 6) is -2.75. The predicted octanol–water partition coefficient (Wildman–Crippen LogP) is -1.30. The van der Waals surface area contributed by atoms with E-state index >= 15 is 0 Å². The van der Waals surface area contributed by atoms with Crippen LogP contribution in [0.15, 0.2) is 12.4 Å². The molecule has 0 atom stereocenters. The quantitative estimate of drug-likeness (QED) is 0.643. The summed E-state index contributed by atoms with van der Waals surface area (Å²) in [7, 11) is -3.95. The number of carboxylic acid groups (broad SMARTS) is 1. The lowest BCUT2D eigenvalue weighted by Crippen LogP contribution is -2.23. The van der Waals surface area contributed by atoms with E-state index in [1.54, 1.807) is 0 Å². The van der Waals surface area contributed by atoms with Crippen molar-refractivity contribution in [3.05, 3.63) is 12.4 Å². The highest BCUT2D eigenvalue weighted by Crippen LogP contribution is 1.97. The maximum Gasteiger partial charge on any atom is 0.320 e. The summed E-state index contributed by atoms with van der Waals surface area (Å²) in [5, 5.41) is 14.9. The molecule has 0 bridgehead atoms. The number of aliphatic carboxylic acids is 1. The van der Waals surface area contributed by atoms with Crippen LogP contribution in [-0.4, -0.2) is 40.4 Å². The molecule has 1 rings (SSSR count). The van der Waals surface area contributed by atoms with Gasteiger partial charge in [-0.25, -0.2) is 18.1 Å². The maximum atomic E-state index is 11.0. The topological polar surface area (TPSA) is 122 Å². The smallest absolute Gasteiger partial charge is 0.320 e. The van der Waals surface area contributed by atoms with E-state index in [1.807, 2.05) is 4.72 Å². The summed E-state index contributed by atoms with van der Waals surface area (Å²) in [5.41, 5.74) is 0. The van der Waals surface area contributed by atoms with Gasteiger partial charge in [-0.15, -0.1) is 5.10 Å². The van der Waals surface area contributed by atoms with Crippen molar-refractivity contribution in [3.8, 4) is 0 Å². The van der Waals surface area contributed by atoms with Gasteiger partial charge in [0.25, 0.3) is 5.95 Å². The van der Waals surface area contributed by atoms with Gasteiger partial charge in [-0.2, -0.15) is 5.10 Å². The lowest BCUT2D eigenvalue weighted by atomic mass is 10.8. The Labute approximate surface area is 79.1 Å². The molecular formula is C5H6N4O4S. The molecule has 0 radical (unpaired) electrons. The SMILES string of the molecule is O=C(O)CS(=O)(=O)Nc1nccnn1. The first-order chi connectivity index (χ1) is 6.49. The molecule has 0 aliphatic rings. The number of anilines is 1. The standard InChI is InChI=1S/C5H6N4O4S/c10-4(11)3-14(12,13)9-5-6-1-2-7-8-5/h1-2H,3H2,(H,10,11)(H,6,8,9). The summed E-state index contributed by atoms with van der Waals surface area (Å²) in [6.45, 7) is 0. The van der Waals surface area contributed by atoms with Crippen LogP contribution in [0, 0.1) is 0 Å². The van der Waals surface area contributed by atoms with E-state index < -0.39 is 21.7 Å². The zero-order valence-electron chi connectivity index (χ0n) is 6.78. The normalized spacial score (nSPS) is 10.9. The largest absolute Gasteiger partial charge is 0.480 e. The van der Waals surface area contributed by atoms with Crippen LogP contribution in [0.3, 0.4) is 0 Å². The molecule has 0 saturated carbocycles. The Morgan fingerprint density at radius 2 is 2.21 bits per heavy atom. The molecule has 1 heterocycles. The van der Waals surface area contributed by atoms with Crippen LogP contribution in [-0.2, 0) is 14.8 Å². The fourth-order valence-corrected chi connectivity index (χ4v) is 1.40. The number of hydrogen-bond acceptors (Lipinski definition) is 6. The first-order valence-corrected chi connectivity index (χ1v) is 5.01. The third-order valence-electron chi connectivity index (χ3n) is 1.04. The maximum absolute atomic E-state index is 11.0. The number of sulfonamides is 1. The Bertz CT molecular complexity index is 417. The van der Waals surface area contributed by atoms with Crippen molar-refractivity contribution in [2.24, 2.45) is 0 Å². The highest BCUT2D eigenvalue weighted by atomic mass is 32.2. The van der Waals surface area contributed by atoms with Crippen molar-refractivity contribution in [2.45, 2.75) is 0 Å². The number of rotatable bonds is 4. The van der Waals surface area contributed by atoms with E-state index in [1.165, 1.54) is 12.4 Å². The molecule has 0 aliphatic carbocycles. The Morgan fingerprint density at radius 3 is 2.71 bits per heavy atom. The fraction of sp³-hybridized carbons (Fsp3) is 0.200. The number of aromatic nitrogens is 3. The van der Waals surface area contributed by atoms with Crippen molar-refractivity contribution in [1.29, 1.82) is 0 Å². The second-order valence-corrected chi connectivity index (χ2v) is 3.94. The van der Waals surface area contributed by atoms with E-state index in [0.717, 1.165) is 0 Å². The average molecular weight is 218 g/mol. The molecule has 14 heavy (non-hydrogen) atoms. The molecule has 0 fully saturated rings. The molecular weight excluding hydrogens is 212 g/mol. The Balaban J connectivity index is 2.74. The monoisotopic (exact) mass is 218 g/mol. The van der Waals surface area contributed by atoms with Crippen molar-refractivity contribution in [2.75, 3.05) is 10.5 Å². The number of carboxylic acids is 1. The summed E-state index contributed by atoms with van der Waals surface area (Å²) in [6.07, 6.45) is 2.49. The fourth-order valence-electron chi connectivity index (χ4n) is 0.632. The molecule has 2 N–H and O–H groups in total. The molecule has 8 nitrogen and oxygen atoms in total. The number of nitrogens with zero attached hydrogens (tertiary/aromatic N) is 3. The summed E-state index contributed by atoms with van der Waals surface area (Å²) in [4.78, 5) is 13.6. The second kappa shape index (κ2) is 3.96. The van der Waals surface area contributed by atoms with Gasteiger partial charge in [-0.05, 0) is 0 Å². The minimum absolute atomic E-state index is 0.256. The third kappa shape index (κ3) is 3.31. The van der Waals surface area contributed by atoms with Crippen LogP contribution in [0.2, 0.25) is 0 Å². The van der Waals surface area contributed by atoms with Crippen LogP contribution in [0.1, 0.15) is 0 Å². The van der Waals surface area contributed by atoms with Crippen molar-refractivity contribution in [1.82, 2.24) is 15.2 Å². The predicted molar refractivity (Wildman–Crippen MR) is 44.9 cm³/mol. The minimum Gasteiger partial charge on any atom is -0.480 e. The summed E-state index contributed by atoms with van der Waals surface area (Å²) in [6, 6.07) is 0. The highest BCUT2D eigenvalue weighted by molar-refractivity contribution is 7.93. The molecule has 0 aliphatic heterocycles. The number of nitrogens with one attached hydrogen (secondary N) is 1. The number of carbonyl (C=O) groups is 1. The van der Waals surface area contributed by atoms with Crippen LogP contribution >= 0.6 is 0 Å². The molecule has 0 amide bonds.